The van der Waals surface area contributed by atoms with E-state index < -0.39 is 39.5 Å². The normalized spacial score (nSPS) is 30.0. The molecule has 2 N–H and O–H groups in total. The van der Waals surface area contributed by atoms with Gasteiger partial charge in [-0.2, -0.15) is 0 Å². The molecule has 2 aromatic heterocycles. The average molecular weight is 317 g/mol. The van der Waals surface area contributed by atoms with Crippen molar-refractivity contribution in [2.24, 2.45) is 0 Å². The topological polar surface area (TPSA) is 120 Å². The van der Waals surface area contributed by atoms with Gasteiger partial charge in [0, 0.05) is 4.57 Å². The lowest BCUT2D eigenvalue weighted by molar-refractivity contribution is -0.0436. The van der Waals surface area contributed by atoms with Crippen molar-refractivity contribution < 1.29 is 28.2 Å². The zero-order valence-corrected chi connectivity index (χ0v) is 11.4. The number of imidazole rings is 1. The minimum atomic E-state index is -3.01. The van der Waals surface area contributed by atoms with Gasteiger partial charge in [-0.25, -0.2) is 19.3 Å². The zero-order chi connectivity index (χ0) is 15.0. The number of fused-ring (bicyclic) bond motifs is 1. The second kappa shape index (κ2) is 5.66. The lowest BCUT2D eigenvalue weighted by Crippen LogP contribution is -2.32. The Morgan fingerprint density at radius 1 is 1.52 bits per heavy atom. The fourth-order valence-electron chi connectivity index (χ4n) is 2.27. The Balaban J connectivity index is 1.94. The third kappa shape index (κ3) is 2.52. The molecule has 1 aliphatic heterocycles. The standard InChI is InChI=1S/C10H10FN4O5P/c11-7-8(20-21(17)18)6(2-16)19-10(7)15-4-14-5-1-12-3-13-9(5)15/h1,3-4,6-8,10,16H,2H2/p+1/t6-,7-,8-,10-/m1/s1. The van der Waals surface area contributed by atoms with E-state index in [1.54, 1.807) is 0 Å². The maximum absolute atomic E-state index is 14.4. The molecule has 5 atom stereocenters. The molecule has 0 radical (unpaired) electrons. The molecule has 11 heteroatoms. The third-order valence-corrected chi connectivity index (χ3v) is 3.60. The van der Waals surface area contributed by atoms with E-state index in [4.69, 9.17) is 9.63 Å². The maximum atomic E-state index is 14.4. The summed E-state index contributed by atoms with van der Waals surface area (Å²) in [4.78, 5) is 20.6. The SMILES string of the molecule is O=[P+](O)O[C@H]1[C@@H](F)[C@H](n2cnc3cncnc32)O[C@@H]1CO. The number of alkyl halides is 1. The van der Waals surface area contributed by atoms with E-state index in [1.807, 2.05) is 0 Å². The van der Waals surface area contributed by atoms with Gasteiger partial charge in [-0.1, -0.05) is 0 Å². The van der Waals surface area contributed by atoms with Crippen molar-refractivity contribution in [1.82, 2.24) is 19.5 Å². The molecule has 1 saturated heterocycles. The number of rotatable bonds is 4. The number of hydrogen-bond acceptors (Lipinski definition) is 7. The van der Waals surface area contributed by atoms with Gasteiger partial charge in [0.2, 0.25) is 0 Å². The Bertz CT molecular complexity index is 670. The quantitative estimate of drug-likeness (QED) is 0.761. The van der Waals surface area contributed by atoms with Gasteiger partial charge in [-0.3, -0.25) is 4.57 Å². The molecule has 0 aliphatic carbocycles. The second-order valence-corrected chi connectivity index (χ2v) is 5.07. The summed E-state index contributed by atoms with van der Waals surface area (Å²) >= 11 is 0. The van der Waals surface area contributed by atoms with Crippen LogP contribution in [0.1, 0.15) is 6.23 Å². The Morgan fingerprint density at radius 2 is 2.33 bits per heavy atom. The highest BCUT2D eigenvalue weighted by Gasteiger charge is 2.51. The van der Waals surface area contributed by atoms with E-state index in [0.717, 1.165) is 0 Å². The molecule has 0 spiro atoms. The molecule has 3 heterocycles. The van der Waals surface area contributed by atoms with E-state index >= 15 is 0 Å². The van der Waals surface area contributed by atoms with Crippen LogP contribution in [0.5, 0.6) is 0 Å². The van der Waals surface area contributed by atoms with Crippen molar-refractivity contribution in [2.45, 2.75) is 24.6 Å². The van der Waals surface area contributed by atoms with Gasteiger partial charge in [0.05, 0.1) is 19.1 Å². The fraction of sp³-hybridized carbons (Fsp3) is 0.500. The van der Waals surface area contributed by atoms with Crippen LogP contribution in [0.25, 0.3) is 11.2 Å². The number of ether oxygens (including phenoxy) is 1. The van der Waals surface area contributed by atoms with Gasteiger partial charge in [0.1, 0.15) is 17.9 Å². The van der Waals surface area contributed by atoms with Crippen molar-refractivity contribution in [3.8, 4) is 0 Å². The van der Waals surface area contributed by atoms with Gasteiger partial charge in [-0.15, -0.1) is 9.42 Å². The minimum absolute atomic E-state index is 0.350. The monoisotopic (exact) mass is 317 g/mol. The largest absolute Gasteiger partial charge is 0.695 e. The molecular weight excluding hydrogens is 306 g/mol. The number of aliphatic hydroxyl groups excluding tert-OH is 1. The average Bonchev–Trinajstić information content (AvgIpc) is 3.01. The summed E-state index contributed by atoms with van der Waals surface area (Å²) in [7, 11) is -3.01. The molecule has 112 valence electrons. The van der Waals surface area contributed by atoms with Gasteiger partial charge < -0.3 is 9.84 Å². The predicted molar refractivity (Wildman–Crippen MR) is 65.9 cm³/mol. The highest BCUT2D eigenvalue weighted by molar-refractivity contribution is 7.32. The number of aromatic nitrogens is 4. The van der Waals surface area contributed by atoms with Crippen LogP contribution in [0.3, 0.4) is 0 Å². The van der Waals surface area contributed by atoms with Crippen molar-refractivity contribution in [2.75, 3.05) is 6.61 Å². The first-order valence-corrected chi connectivity index (χ1v) is 7.10. The van der Waals surface area contributed by atoms with Crippen LogP contribution in [0.4, 0.5) is 4.39 Å². The van der Waals surface area contributed by atoms with Crippen molar-refractivity contribution in [1.29, 1.82) is 0 Å². The summed E-state index contributed by atoms with van der Waals surface area (Å²) in [6.07, 6.45) is -1.27. The van der Waals surface area contributed by atoms with Crippen LogP contribution < -0.4 is 0 Å². The number of halogens is 1. The van der Waals surface area contributed by atoms with Crippen molar-refractivity contribution in [3.63, 3.8) is 0 Å². The molecule has 1 fully saturated rings. The molecule has 0 bridgehead atoms. The first-order chi connectivity index (χ1) is 10.1. The van der Waals surface area contributed by atoms with Gasteiger partial charge in [-0.05, 0) is 0 Å². The lowest BCUT2D eigenvalue weighted by Gasteiger charge is -2.14. The molecule has 0 aromatic carbocycles. The Labute approximate surface area is 118 Å². The van der Waals surface area contributed by atoms with Crippen molar-refractivity contribution >= 4 is 19.4 Å². The first-order valence-electron chi connectivity index (χ1n) is 5.97. The molecule has 9 nitrogen and oxygen atoms in total. The summed E-state index contributed by atoms with van der Waals surface area (Å²) in [6.45, 7) is -0.549. The molecule has 1 unspecified atom stereocenters. The minimum Gasteiger partial charge on any atom is -0.394 e. The molecule has 1 aliphatic rings. The Hall–Kier alpha value is -1.58. The number of hydrogen-bond donors (Lipinski definition) is 2. The predicted octanol–water partition coefficient (Wildman–Crippen LogP) is 0.0890. The van der Waals surface area contributed by atoms with E-state index in [9.17, 15) is 14.1 Å². The highest BCUT2D eigenvalue weighted by Crippen LogP contribution is 2.38. The van der Waals surface area contributed by atoms with E-state index in [0.29, 0.717) is 11.2 Å². The van der Waals surface area contributed by atoms with Crippen LogP contribution in [0.15, 0.2) is 18.9 Å². The summed E-state index contributed by atoms with van der Waals surface area (Å²) in [5, 5.41) is 9.20. The van der Waals surface area contributed by atoms with E-state index in [-0.39, 0.29) is 0 Å². The second-order valence-electron chi connectivity index (χ2n) is 4.38. The first kappa shape index (κ1) is 14.4. The Morgan fingerprint density at radius 3 is 3.05 bits per heavy atom. The molecule has 0 saturated carbocycles. The maximum Gasteiger partial charge on any atom is 0.695 e. The summed E-state index contributed by atoms with van der Waals surface area (Å²) in [5.41, 5.74) is 0.801. The summed E-state index contributed by atoms with van der Waals surface area (Å²) < 4.78 is 36.5. The molecule has 2 aromatic rings. The highest BCUT2D eigenvalue weighted by atomic mass is 31.1. The molecular formula is C10H11FN4O5P+. The zero-order valence-electron chi connectivity index (χ0n) is 10.5. The van der Waals surface area contributed by atoms with Crippen molar-refractivity contribution in [3.05, 3.63) is 18.9 Å². The molecule has 0 amide bonds. The fourth-order valence-corrected chi connectivity index (χ4v) is 2.73. The number of aliphatic hydroxyl groups is 1. The van der Waals surface area contributed by atoms with Gasteiger partial charge >= 0.3 is 8.25 Å². The van der Waals surface area contributed by atoms with E-state index in [1.165, 1.54) is 23.4 Å². The van der Waals surface area contributed by atoms with Gasteiger partial charge in [0.25, 0.3) is 0 Å². The third-order valence-electron chi connectivity index (χ3n) is 3.17. The molecule has 3 rings (SSSR count). The smallest absolute Gasteiger partial charge is 0.394 e. The van der Waals surface area contributed by atoms with Crippen LogP contribution >= 0.6 is 8.25 Å². The number of nitrogens with zero attached hydrogens (tertiary/aromatic N) is 4. The summed E-state index contributed by atoms with van der Waals surface area (Å²) in [5.74, 6) is 0. The van der Waals surface area contributed by atoms with Crippen LogP contribution in [0, 0.1) is 0 Å². The van der Waals surface area contributed by atoms with Crippen LogP contribution in [0.2, 0.25) is 0 Å². The molecule has 21 heavy (non-hydrogen) atoms. The Kier molecular flexibility index (Phi) is 3.87. The summed E-state index contributed by atoms with van der Waals surface area (Å²) in [6, 6.07) is 0. The van der Waals surface area contributed by atoms with Gasteiger partial charge in [0.15, 0.2) is 24.2 Å². The van der Waals surface area contributed by atoms with Crippen LogP contribution in [-0.2, 0) is 13.8 Å². The van der Waals surface area contributed by atoms with Crippen LogP contribution in [-0.4, -0.2) is 54.5 Å². The lowest BCUT2D eigenvalue weighted by atomic mass is 10.1. The van der Waals surface area contributed by atoms with E-state index in [2.05, 4.69) is 19.5 Å².